The van der Waals surface area contributed by atoms with Crippen LogP contribution in [-0.4, -0.2) is 6.54 Å². The molecular weight excluding hydrogens is 302 g/mol. The van der Waals surface area contributed by atoms with E-state index in [2.05, 4.69) is 39.4 Å². The summed E-state index contributed by atoms with van der Waals surface area (Å²) >= 11 is 3.50. The highest BCUT2D eigenvalue weighted by Gasteiger charge is 2.12. The molecule has 0 aliphatic carbocycles. The molecule has 0 fully saturated rings. The maximum absolute atomic E-state index is 5.90. The third kappa shape index (κ3) is 2.76. The number of para-hydroxylation sites is 2. The number of aryl methyl sites for hydroxylation is 1. The average Bonchev–Trinajstić information content (AvgIpc) is 2.46. The van der Waals surface area contributed by atoms with Crippen LogP contribution in [0.1, 0.15) is 17.5 Å². The quantitative estimate of drug-likeness (QED) is 0.906. The number of anilines is 1. The van der Waals surface area contributed by atoms with Crippen molar-refractivity contribution in [3.8, 4) is 5.75 Å². The van der Waals surface area contributed by atoms with Crippen molar-refractivity contribution in [2.75, 3.05) is 11.9 Å². The second-order valence-corrected chi connectivity index (χ2v) is 5.56. The fourth-order valence-corrected chi connectivity index (χ4v) is 2.82. The number of rotatable bonds is 3. The van der Waals surface area contributed by atoms with Crippen LogP contribution < -0.4 is 10.1 Å². The molecule has 2 aromatic rings. The normalized spacial score (nSPS) is 13.5. The van der Waals surface area contributed by atoms with E-state index in [9.17, 15) is 0 Å². The number of hydrogen-bond acceptors (Lipinski definition) is 2. The van der Waals surface area contributed by atoms with Crippen molar-refractivity contribution < 1.29 is 4.74 Å². The third-order valence-electron chi connectivity index (χ3n) is 3.38. The molecule has 0 radical (unpaired) electrons. The van der Waals surface area contributed by atoms with Crippen molar-refractivity contribution in [3.63, 3.8) is 0 Å². The molecule has 3 rings (SSSR count). The lowest BCUT2D eigenvalue weighted by atomic mass is 10.00. The first-order chi connectivity index (χ1) is 9.34. The van der Waals surface area contributed by atoms with Gasteiger partial charge in [-0.25, -0.2) is 0 Å². The summed E-state index contributed by atoms with van der Waals surface area (Å²) in [6.07, 6.45) is 2.37. The summed E-state index contributed by atoms with van der Waals surface area (Å²) < 4.78 is 6.90. The number of ether oxygens (including phenoxy) is 1. The minimum atomic E-state index is 0.596. The molecule has 2 nitrogen and oxygen atoms in total. The molecule has 0 saturated carbocycles. The van der Waals surface area contributed by atoms with Gasteiger partial charge >= 0.3 is 0 Å². The number of halogens is 1. The van der Waals surface area contributed by atoms with Gasteiger partial charge in [-0.15, -0.1) is 0 Å². The van der Waals surface area contributed by atoms with Crippen molar-refractivity contribution in [2.24, 2.45) is 0 Å². The minimum absolute atomic E-state index is 0.596. The van der Waals surface area contributed by atoms with Gasteiger partial charge in [0.25, 0.3) is 0 Å². The fraction of sp³-hybridized carbons (Fsp3) is 0.250. The molecule has 0 saturated heterocycles. The van der Waals surface area contributed by atoms with Gasteiger partial charge in [0, 0.05) is 17.8 Å². The van der Waals surface area contributed by atoms with E-state index in [1.54, 1.807) is 0 Å². The lowest BCUT2D eigenvalue weighted by Gasteiger charge is -2.21. The SMILES string of the molecule is Brc1ccccc1OCc1cccc2c1NCCC2. The summed E-state index contributed by atoms with van der Waals surface area (Å²) in [6, 6.07) is 14.4. The van der Waals surface area contributed by atoms with E-state index < -0.39 is 0 Å². The van der Waals surface area contributed by atoms with Crippen LogP contribution in [-0.2, 0) is 13.0 Å². The van der Waals surface area contributed by atoms with Gasteiger partial charge < -0.3 is 10.1 Å². The molecule has 1 aliphatic heterocycles. The predicted molar refractivity (Wildman–Crippen MR) is 81.7 cm³/mol. The standard InChI is InChI=1S/C16H16BrNO/c17-14-8-1-2-9-15(14)19-11-13-6-3-5-12-7-4-10-18-16(12)13/h1-3,5-6,8-9,18H,4,7,10-11H2. The zero-order chi connectivity index (χ0) is 13.1. The van der Waals surface area contributed by atoms with Gasteiger partial charge in [0.2, 0.25) is 0 Å². The van der Waals surface area contributed by atoms with Crippen LogP contribution in [0.4, 0.5) is 5.69 Å². The molecule has 0 amide bonds. The first-order valence-corrected chi connectivity index (χ1v) is 7.36. The Kier molecular flexibility index (Phi) is 3.74. The van der Waals surface area contributed by atoms with Crippen LogP contribution in [0.3, 0.4) is 0 Å². The van der Waals surface area contributed by atoms with Gasteiger partial charge in [-0.1, -0.05) is 30.3 Å². The van der Waals surface area contributed by atoms with E-state index in [4.69, 9.17) is 4.74 Å². The molecule has 1 heterocycles. The monoisotopic (exact) mass is 317 g/mol. The molecule has 2 aromatic carbocycles. The Morgan fingerprint density at radius 1 is 1.11 bits per heavy atom. The number of benzene rings is 2. The smallest absolute Gasteiger partial charge is 0.133 e. The summed E-state index contributed by atoms with van der Waals surface area (Å²) in [6.45, 7) is 1.65. The molecule has 0 spiro atoms. The molecule has 3 heteroatoms. The molecule has 0 unspecified atom stereocenters. The van der Waals surface area contributed by atoms with E-state index in [-0.39, 0.29) is 0 Å². The first-order valence-electron chi connectivity index (χ1n) is 6.56. The number of nitrogens with one attached hydrogen (secondary N) is 1. The maximum Gasteiger partial charge on any atom is 0.133 e. The molecule has 1 N–H and O–H groups in total. The molecular formula is C16H16BrNO. The summed E-state index contributed by atoms with van der Waals surface area (Å²) in [5.41, 5.74) is 3.90. The van der Waals surface area contributed by atoms with Gasteiger partial charge in [-0.2, -0.15) is 0 Å². The lowest BCUT2D eigenvalue weighted by Crippen LogP contribution is -2.14. The van der Waals surface area contributed by atoms with Gasteiger partial charge in [0.15, 0.2) is 0 Å². The number of hydrogen-bond donors (Lipinski definition) is 1. The lowest BCUT2D eigenvalue weighted by molar-refractivity contribution is 0.304. The Bertz CT molecular complexity index is 583. The highest BCUT2D eigenvalue weighted by atomic mass is 79.9. The van der Waals surface area contributed by atoms with Crippen molar-refractivity contribution in [1.82, 2.24) is 0 Å². The van der Waals surface area contributed by atoms with E-state index >= 15 is 0 Å². The Balaban J connectivity index is 1.79. The van der Waals surface area contributed by atoms with Gasteiger partial charge in [0.05, 0.1) is 4.47 Å². The average molecular weight is 318 g/mol. The first kappa shape index (κ1) is 12.5. The third-order valence-corrected chi connectivity index (χ3v) is 4.04. The van der Waals surface area contributed by atoms with Crippen LogP contribution in [0.25, 0.3) is 0 Å². The van der Waals surface area contributed by atoms with Crippen molar-refractivity contribution in [2.45, 2.75) is 19.4 Å². The van der Waals surface area contributed by atoms with Gasteiger partial charge in [-0.05, 0) is 46.5 Å². The summed E-state index contributed by atoms with van der Waals surface area (Å²) in [5, 5.41) is 3.49. The Morgan fingerprint density at radius 3 is 2.89 bits per heavy atom. The fourth-order valence-electron chi connectivity index (χ4n) is 2.42. The van der Waals surface area contributed by atoms with Crippen LogP contribution in [0, 0.1) is 0 Å². The van der Waals surface area contributed by atoms with Crippen LogP contribution in [0.2, 0.25) is 0 Å². The molecule has 0 atom stereocenters. The Labute approximate surface area is 121 Å². The molecule has 0 aromatic heterocycles. The summed E-state index contributed by atoms with van der Waals surface area (Å²) in [5.74, 6) is 0.885. The van der Waals surface area contributed by atoms with Crippen LogP contribution in [0.15, 0.2) is 46.9 Å². The topological polar surface area (TPSA) is 21.3 Å². The van der Waals surface area contributed by atoms with E-state index in [1.807, 2.05) is 24.3 Å². The van der Waals surface area contributed by atoms with Gasteiger partial charge in [-0.3, -0.25) is 0 Å². The largest absolute Gasteiger partial charge is 0.488 e. The molecule has 1 aliphatic rings. The maximum atomic E-state index is 5.90. The van der Waals surface area contributed by atoms with Crippen molar-refractivity contribution in [1.29, 1.82) is 0 Å². The molecule has 98 valence electrons. The van der Waals surface area contributed by atoms with E-state index in [0.29, 0.717) is 6.61 Å². The Hall–Kier alpha value is -1.48. The molecule has 19 heavy (non-hydrogen) atoms. The zero-order valence-electron chi connectivity index (χ0n) is 10.7. The van der Waals surface area contributed by atoms with E-state index in [0.717, 1.165) is 23.2 Å². The summed E-state index contributed by atoms with van der Waals surface area (Å²) in [4.78, 5) is 0. The zero-order valence-corrected chi connectivity index (χ0v) is 12.2. The highest BCUT2D eigenvalue weighted by Crippen LogP contribution is 2.29. The minimum Gasteiger partial charge on any atom is -0.488 e. The van der Waals surface area contributed by atoms with Crippen molar-refractivity contribution >= 4 is 21.6 Å². The second kappa shape index (κ2) is 5.66. The van der Waals surface area contributed by atoms with Crippen LogP contribution >= 0.6 is 15.9 Å². The predicted octanol–water partition coefficient (Wildman–Crippen LogP) is 4.39. The highest BCUT2D eigenvalue weighted by molar-refractivity contribution is 9.10. The Morgan fingerprint density at radius 2 is 2.00 bits per heavy atom. The molecule has 0 bridgehead atoms. The summed E-state index contributed by atoms with van der Waals surface area (Å²) in [7, 11) is 0. The van der Waals surface area contributed by atoms with Crippen LogP contribution in [0.5, 0.6) is 5.75 Å². The van der Waals surface area contributed by atoms with E-state index in [1.165, 1.54) is 23.2 Å². The second-order valence-electron chi connectivity index (χ2n) is 4.70. The van der Waals surface area contributed by atoms with Crippen molar-refractivity contribution in [3.05, 3.63) is 58.1 Å². The number of fused-ring (bicyclic) bond motifs is 1. The van der Waals surface area contributed by atoms with Gasteiger partial charge in [0.1, 0.15) is 12.4 Å².